The van der Waals surface area contributed by atoms with E-state index in [2.05, 4.69) is 0 Å². The van der Waals surface area contributed by atoms with E-state index in [0.29, 0.717) is 6.07 Å². The van der Waals surface area contributed by atoms with Crippen LogP contribution >= 0.6 is 0 Å². The Morgan fingerprint density at radius 3 is 2.08 bits per heavy atom. The lowest BCUT2D eigenvalue weighted by molar-refractivity contribution is -0.206. The van der Waals surface area contributed by atoms with Gasteiger partial charge in [-0.3, -0.25) is 0 Å². The predicted molar refractivity (Wildman–Crippen MR) is 72.6 cm³/mol. The van der Waals surface area contributed by atoms with Crippen molar-refractivity contribution in [1.82, 2.24) is 0 Å². The molecule has 0 saturated heterocycles. The molecule has 0 fully saturated rings. The third-order valence-corrected chi connectivity index (χ3v) is 3.29. The largest absolute Gasteiger partial charge is 0.418 e. The SMILES string of the molecule is N#Cc1ccc(-c2cccc(C(O)C(F)(F)F)c2)cc1C(F)(F)F. The third kappa shape index (κ3) is 3.68. The van der Waals surface area contributed by atoms with E-state index in [0.717, 1.165) is 18.2 Å². The van der Waals surface area contributed by atoms with Crippen molar-refractivity contribution in [3.05, 3.63) is 59.2 Å². The lowest BCUT2D eigenvalue weighted by Crippen LogP contribution is -2.20. The molecule has 2 rings (SSSR count). The molecular formula is C16H9F6NO. The molecule has 0 bridgehead atoms. The molecule has 0 aliphatic rings. The maximum absolute atomic E-state index is 13.0. The van der Waals surface area contributed by atoms with Crippen molar-refractivity contribution in [2.45, 2.75) is 18.5 Å². The lowest BCUT2D eigenvalue weighted by atomic mass is 9.97. The lowest BCUT2D eigenvalue weighted by Gasteiger charge is -2.16. The molecule has 24 heavy (non-hydrogen) atoms. The Labute approximate surface area is 132 Å². The van der Waals surface area contributed by atoms with Crippen molar-refractivity contribution in [3.8, 4) is 17.2 Å². The highest BCUT2D eigenvalue weighted by molar-refractivity contribution is 5.67. The topological polar surface area (TPSA) is 44.0 Å². The van der Waals surface area contributed by atoms with Gasteiger partial charge in [-0.2, -0.15) is 31.6 Å². The maximum Gasteiger partial charge on any atom is 0.418 e. The quantitative estimate of drug-likeness (QED) is 0.792. The summed E-state index contributed by atoms with van der Waals surface area (Å²) in [5.74, 6) is 0. The van der Waals surface area contributed by atoms with Crippen LogP contribution in [-0.2, 0) is 6.18 Å². The predicted octanol–water partition coefficient (Wildman–Crippen LogP) is 4.84. The van der Waals surface area contributed by atoms with Crippen molar-refractivity contribution in [2.75, 3.05) is 0 Å². The average molecular weight is 345 g/mol. The molecule has 0 saturated carbocycles. The van der Waals surface area contributed by atoms with Crippen LogP contribution in [0.3, 0.4) is 0 Å². The number of hydrogen-bond donors (Lipinski definition) is 1. The Morgan fingerprint density at radius 2 is 1.54 bits per heavy atom. The second kappa shape index (κ2) is 6.17. The summed E-state index contributed by atoms with van der Waals surface area (Å²) in [6.07, 6.45) is -12.4. The number of aliphatic hydroxyl groups excluding tert-OH is 1. The molecule has 0 amide bonds. The summed E-state index contributed by atoms with van der Waals surface area (Å²) in [6, 6.07) is 8.76. The minimum Gasteiger partial charge on any atom is -0.379 e. The Bertz CT molecular complexity index is 788. The summed E-state index contributed by atoms with van der Waals surface area (Å²) >= 11 is 0. The summed E-state index contributed by atoms with van der Waals surface area (Å²) in [7, 11) is 0. The number of hydrogen-bond acceptors (Lipinski definition) is 2. The average Bonchev–Trinajstić information content (AvgIpc) is 2.52. The summed E-state index contributed by atoms with van der Waals surface area (Å²) in [5.41, 5.74) is -2.21. The fourth-order valence-corrected chi connectivity index (χ4v) is 2.13. The van der Waals surface area contributed by atoms with Crippen LogP contribution in [0.15, 0.2) is 42.5 Å². The summed E-state index contributed by atoms with van der Waals surface area (Å²) in [5, 5.41) is 18.0. The summed E-state index contributed by atoms with van der Waals surface area (Å²) in [4.78, 5) is 0. The number of nitriles is 1. The highest BCUT2D eigenvalue weighted by atomic mass is 19.4. The number of nitrogens with zero attached hydrogens (tertiary/aromatic N) is 1. The monoisotopic (exact) mass is 345 g/mol. The standard InChI is InChI=1S/C16H9F6NO/c17-15(18,19)13-7-10(4-5-12(13)8-23)9-2-1-3-11(6-9)14(24)16(20,21)22/h1-7,14,24H. The number of rotatable bonds is 2. The molecule has 0 aromatic heterocycles. The van der Waals surface area contributed by atoms with E-state index in [1.165, 1.54) is 24.3 Å². The van der Waals surface area contributed by atoms with Gasteiger partial charge in [0.1, 0.15) is 0 Å². The minimum absolute atomic E-state index is 0.0162. The molecule has 8 heteroatoms. The fourth-order valence-electron chi connectivity index (χ4n) is 2.13. The molecular weight excluding hydrogens is 336 g/mol. The number of alkyl halides is 6. The first kappa shape index (κ1) is 17.8. The van der Waals surface area contributed by atoms with Crippen molar-refractivity contribution in [1.29, 1.82) is 5.26 Å². The third-order valence-electron chi connectivity index (χ3n) is 3.29. The molecule has 0 heterocycles. The van der Waals surface area contributed by atoms with Crippen LogP contribution in [0.1, 0.15) is 22.8 Å². The maximum atomic E-state index is 13.0. The highest BCUT2D eigenvalue weighted by Crippen LogP contribution is 2.37. The van der Waals surface area contributed by atoms with Crippen LogP contribution in [0.2, 0.25) is 0 Å². The van der Waals surface area contributed by atoms with Crippen LogP contribution in [-0.4, -0.2) is 11.3 Å². The Hall–Kier alpha value is -2.53. The van der Waals surface area contributed by atoms with E-state index < -0.39 is 35.1 Å². The molecule has 1 N–H and O–H groups in total. The fraction of sp³-hybridized carbons (Fsp3) is 0.188. The zero-order valence-electron chi connectivity index (χ0n) is 11.8. The van der Waals surface area contributed by atoms with Gasteiger partial charge >= 0.3 is 12.4 Å². The molecule has 2 aromatic rings. The molecule has 126 valence electrons. The van der Waals surface area contributed by atoms with E-state index in [1.807, 2.05) is 0 Å². The normalized spacial score (nSPS) is 13.4. The highest BCUT2D eigenvalue weighted by Gasteiger charge is 2.39. The van der Waals surface area contributed by atoms with Crippen molar-refractivity contribution < 1.29 is 31.4 Å². The number of halogens is 6. The minimum atomic E-state index is -4.89. The van der Waals surface area contributed by atoms with Crippen molar-refractivity contribution >= 4 is 0 Å². The van der Waals surface area contributed by atoms with Gasteiger partial charge in [0.25, 0.3) is 0 Å². The van der Waals surface area contributed by atoms with E-state index in [4.69, 9.17) is 5.26 Å². The van der Waals surface area contributed by atoms with Crippen LogP contribution < -0.4 is 0 Å². The number of aliphatic hydroxyl groups is 1. The molecule has 0 aliphatic carbocycles. The first-order valence-electron chi connectivity index (χ1n) is 6.50. The zero-order valence-corrected chi connectivity index (χ0v) is 11.8. The van der Waals surface area contributed by atoms with Gasteiger partial charge in [-0.25, -0.2) is 0 Å². The van der Waals surface area contributed by atoms with Crippen LogP contribution in [0.4, 0.5) is 26.3 Å². The first-order chi connectivity index (χ1) is 11.0. The van der Waals surface area contributed by atoms with Gasteiger partial charge in [-0.15, -0.1) is 0 Å². The molecule has 0 aliphatic heterocycles. The second-order valence-electron chi connectivity index (χ2n) is 4.94. The zero-order chi connectivity index (χ0) is 18.1. The molecule has 0 spiro atoms. The van der Waals surface area contributed by atoms with Gasteiger partial charge in [-0.1, -0.05) is 24.3 Å². The molecule has 2 nitrogen and oxygen atoms in total. The molecule has 0 radical (unpaired) electrons. The molecule has 1 atom stereocenters. The van der Waals surface area contributed by atoms with E-state index in [1.54, 1.807) is 0 Å². The smallest absolute Gasteiger partial charge is 0.379 e. The van der Waals surface area contributed by atoms with Crippen LogP contribution in [0.5, 0.6) is 0 Å². The molecule has 2 aromatic carbocycles. The van der Waals surface area contributed by atoms with Crippen LogP contribution in [0.25, 0.3) is 11.1 Å². The summed E-state index contributed by atoms with van der Waals surface area (Å²) < 4.78 is 76.5. The molecule has 1 unspecified atom stereocenters. The van der Waals surface area contributed by atoms with Gasteiger partial charge in [0.05, 0.1) is 17.2 Å². The first-order valence-corrected chi connectivity index (χ1v) is 6.50. The Kier molecular flexibility index (Phi) is 4.58. The summed E-state index contributed by atoms with van der Waals surface area (Å²) in [6.45, 7) is 0. The van der Waals surface area contributed by atoms with E-state index in [-0.39, 0.29) is 11.1 Å². The van der Waals surface area contributed by atoms with Gasteiger partial charge in [0.2, 0.25) is 0 Å². The van der Waals surface area contributed by atoms with Crippen molar-refractivity contribution in [3.63, 3.8) is 0 Å². The van der Waals surface area contributed by atoms with Gasteiger partial charge < -0.3 is 5.11 Å². The number of benzene rings is 2. The van der Waals surface area contributed by atoms with Crippen LogP contribution in [0, 0.1) is 11.3 Å². The van der Waals surface area contributed by atoms with E-state index in [9.17, 15) is 31.4 Å². The van der Waals surface area contributed by atoms with E-state index >= 15 is 0 Å². The second-order valence-corrected chi connectivity index (χ2v) is 4.94. The Morgan fingerprint density at radius 1 is 0.917 bits per heavy atom. The van der Waals surface area contributed by atoms with Gasteiger partial charge in [-0.05, 0) is 34.9 Å². The van der Waals surface area contributed by atoms with Gasteiger partial charge in [0.15, 0.2) is 6.10 Å². The van der Waals surface area contributed by atoms with Crippen molar-refractivity contribution in [2.24, 2.45) is 0 Å². The van der Waals surface area contributed by atoms with Gasteiger partial charge in [0, 0.05) is 0 Å². The Balaban J connectivity index is 2.52.